The van der Waals surface area contributed by atoms with Gasteiger partial charge in [0.1, 0.15) is 6.04 Å². The van der Waals surface area contributed by atoms with Gasteiger partial charge in [-0.1, -0.05) is 48.5 Å². The second kappa shape index (κ2) is 10.7. The minimum atomic E-state index is -0.600. The third kappa shape index (κ3) is 5.80. The van der Waals surface area contributed by atoms with Crippen LogP contribution in [-0.4, -0.2) is 58.8 Å². The minimum Gasteiger partial charge on any atom is -0.340 e. The Bertz CT molecular complexity index is 1000. The third-order valence-corrected chi connectivity index (χ3v) is 5.76. The highest BCUT2D eigenvalue weighted by molar-refractivity contribution is 5.97. The zero-order valence-electron chi connectivity index (χ0n) is 18.1. The molecule has 3 aromatic rings. The average molecular weight is 429 g/mol. The Morgan fingerprint density at radius 2 is 1.44 bits per heavy atom. The van der Waals surface area contributed by atoms with Crippen LogP contribution in [0.2, 0.25) is 0 Å². The summed E-state index contributed by atoms with van der Waals surface area (Å²) in [6.07, 6.45) is 4.08. The Morgan fingerprint density at radius 1 is 0.812 bits per heavy atom. The van der Waals surface area contributed by atoms with Crippen LogP contribution in [0.4, 0.5) is 0 Å². The zero-order valence-corrected chi connectivity index (χ0v) is 18.1. The van der Waals surface area contributed by atoms with Crippen LogP contribution >= 0.6 is 0 Å². The first-order valence-electron chi connectivity index (χ1n) is 11.0. The Morgan fingerprint density at radius 3 is 2.09 bits per heavy atom. The average Bonchev–Trinajstić information content (AvgIpc) is 2.85. The number of pyridine rings is 1. The van der Waals surface area contributed by atoms with E-state index in [4.69, 9.17) is 0 Å². The van der Waals surface area contributed by atoms with Gasteiger partial charge in [-0.3, -0.25) is 19.5 Å². The molecule has 32 heavy (non-hydrogen) atoms. The number of carbonyl (C=O) groups excluding carboxylic acids is 2. The lowest BCUT2D eigenvalue weighted by atomic mass is 10.0. The number of nitrogens with one attached hydrogen (secondary N) is 1. The highest BCUT2D eigenvalue weighted by atomic mass is 16.2. The Balaban J connectivity index is 1.41. The highest BCUT2D eigenvalue weighted by Gasteiger charge is 2.29. The molecular weight excluding hydrogens is 400 g/mol. The number of benzene rings is 2. The summed E-state index contributed by atoms with van der Waals surface area (Å²) < 4.78 is 0. The maximum Gasteiger partial charge on any atom is 0.251 e. The van der Waals surface area contributed by atoms with Gasteiger partial charge in [0.05, 0.1) is 0 Å². The lowest BCUT2D eigenvalue weighted by Gasteiger charge is -2.36. The van der Waals surface area contributed by atoms with Crippen LogP contribution in [0.25, 0.3) is 0 Å². The van der Waals surface area contributed by atoms with Gasteiger partial charge in [-0.15, -0.1) is 0 Å². The van der Waals surface area contributed by atoms with Crippen LogP contribution in [0.15, 0.2) is 85.2 Å². The number of nitrogens with zero attached hydrogens (tertiary/aromatic N) is 3. The number of rotatable bonds is 7. The van der Waals surface area contributed by atoms with Crippen LogP contribution in [0, 0.1) is 0 Å². The van der Waals surface area contributed by atoms with Crippen LogP contribution in [0.5, 0.6) is 0 Å². The molecule has 6 heteroatoms. The van der Waals surface area contributed by atoms with E-state index in [-0.39, 0.29) is 11.8 Å². The summed E-state index contributed by atoms with van der Waals surface area (Å²) in [7, 11) is 0. The van der Waals surface area contributed by atoms with E-state index in [0.29, 0.717) is 25.1 Å². The predicted octanol–water partition coefficient (Wildman–Crippen LogP) is 2.77. The summed E-state index contributed by atoms with van der Waals surface area (Å²) in [5, 5.41) is 2.98. The SMILES string of the molecule is O=C(N[C@H](Cc1ccccc1)C(=O)N1CCN(Cc2ccncc2)CC1)c1ccccc1. The number of aromatic nitrogens is 1. The molecular formula is C26H28N4O2. The molecule has 1 saturated heterocycles. The summed E-state index contributed by atoms with van der Waals surface area (Å²) >= 11 is 0. The van der Waals surface area contributed by atoms with E-state index in [0.717, 1.165) is 25.2 Å². The van der Waals surface area contributed by atoms with E-state index in [2.05, 4.69) is 15.2 Å². The molecule has 2 amide bonds. The first kappa shape index (κ1) is 21.7. The van der Waals surface area contributed by atoms with E-state index in [1.54, 1.807) is 24.5 Å². The smallest absolute Gasteiger partial charge is 0.251 e. The van der Waals surface area contributed by atoms with Crippen molar-refractivity contribution in [3.8, 4) is 0 Å². The van der Waals surface area contributed by atoms with Crippen LogP contribution in [-0.2, 0) is 17.8 Å². The topological polar surface area (TPSA) is 65.5 Å². The molecule has 1 aliphatic heterocycles. The Labute approximate surface area is 188 Å². The third-order valence-electron chi connectivity index (χ3n) is 5.76. The Hall–Kier alpha value is -3.51. The molecule has 1 N–H and O–H groups in total. The predicted molar refractivity (Wildman–Crippen MR) is 124 cm³/mol. The van der Waals surface area contributed by atoms with E-state index in [1.807, 2.05) is 65.6 Å². The van der Waals surface area contributed by atoms with Gasteiger partial charge >= 0.3 is 0 Å². The molecule has 0 radical (unpaired) electrons. The molecule has 0 unspecified atom stereocenters. The number of hydrogen-bond acceptors (Lipinski definition) is 4. The molecule has 6 nitrogen and oxygen atoms in total. The van der Waals surface area contributed by atoms with E-state index < -0.39 is 6.04 Å². The van der Waals surface area contributed by atoms with Gasteiger partial charge in [0, 0.05) is 57.1 Å². The van der Waals surface area contributed by atoms with Crippen LogP contribution < -0.4 is 5.32 Å². The van der Waals surface area contributed by atoms with Crippen LogP contribution in [0.3, 0.4) is 0 Å². The maximum atomic E-state index is 13.4. The normalized spacial score (nSPS) is 15.2. The summed E-state index contributed by atoms with van der Waals surface area (Å²) in [5.74, 6) is -0.252. The molecule has 2 aromatic carbocycles. The molecule has 4 rings (SSSR count). The van der Waals surface area contributed by atoms with Gasteiger partial charge in [-0.2, -0.15) is 0 Å². The summed E-state index contributed by atoms with van der Waals surface area (Å²) in [6, 6.07) is 22.3. The van der Waals surface area contributed by atoms with E-state index >= 15 is 0 Å². The van der Waals surface area contributed by atoms with Gasteiger partial charge in [0.15, 0.2) is 0 Å². The monoisotopic (exact) mass is 428 g/mol. The molecule has 1 aliphatic rings. The highest BCUT2D eigenvalue weighted by Crippen LogP contribution is 2.12. The van der Waals surface area contributed by atoms with Crippen molar-refractivity contribution >= 4 is 11.8 Å². The van der Waals surface area contributed by atoms with Gasteiger partial charge in [0.25, 0.3) is 5.91 Å². The second-order valence-electron chi connectivity index (χ2n) is 8.04. The standard InChI is InChI=1S/C26H28N4O2/c31-25(23-9-5-2-6-10-23)28-24(19-21-7-3-1-4-8-21)26(32)30-17-15-29(16-18-30)20-22-11-13-27-14-12-22/h1-14,24H,15-20H2,(H,28,31)/t24-/m1/s1. The number of amides is 2. The lowest BCUT2D eigenvalue weighted by Crippen LogP contribution is -2.55. The van der Waals surface area contributed by atoms with Crippen molar-refractivity contribution < 1.29 is 9.59 Å². The molecule has 1 aromatic heterocycles. The van der Waals surface area contributed by atoms with Crippen molar-refractivity contribution in [3.05, 3.63) is 102 Å². The molecule has 0 spiro atoms. The van der Waals surface area contributed by atoms with Crippen molar-refractivity contribution in [2.45, 2.75) is 19.0 Å². The van der Waals surface area contributed by atoms with Gasteiger partial charge in [-0.05, 0) is 35.4 Å². The quantitative estimate of drug-likeness (QED) is 0.629. The van der Waals surface area contributed by atoms with Crippen molar-refractivity contribution in [3.63, 3.8) is 0 Å². The van der Waals surface area contributed by atoms with Crippen molar-refractivity contribution in [1.82, 2.24) is 20.1 Å². The van der Waals surface area contributed by atoms with Crippen molar-refractivity contribution in [2.75, 3.05) is 26.2 Å². The summed E-state index contributed by atoms with van der Waals surface area (Å²) in [5.41, 5.74) is 2.80. The maximum absolute atomic E-state index is 13.4. The number of carbonyl (C=O) groups is 2. The lowest BCUT2D eigenvalue weighted by molar-refractivity contribution is -0.135. The molecule has 0 aliphatic carbocycles. The van der Waals surface area contributed by atoms with E-state index in [9.17, 15) is 9.59 Å². The van der Waals surface area contributed by atoms with Gasteiger partial charge in [-0.25, -0.2) is 0 Å². The first-order chi connectivity index (χ1) is 15.7. The molecule has 2 heterocycles. The summed E-state index contributed by atoms with van der Waals surface area (Å²) in [4.78, 5) is 34.5. The van der Waals surface area contributed by atoms with Gasteiger partial charge < -0.3 is 10.2 Å². The number of piperazine rings is 1. The van der Waals surface area contributed by atoms with Crippen molar-refractivity contribution in [2.24, 2.45) is 0 Å². The largest absolute Gasteiger partial charge is 0.340 e. The molecule has 164 valence electrons. The number of hydrogen-bond donors (Lipinski definition) is 1. The molecule has 0 bridgehead atoms. The molecule has 1 atom stereocenters. The van der Waals surface area contributed by atoms with E-state index in [1.165, 1.54) is 5.56 Å². The van der Waals surface area contributed by atoms with Crippen LogP contribution in [0.1, 0.15) is 21.5 Å². The van der Waals surface area contributed by atoms with Crippen molar-refractivity contribution in [1.29, 1.82) is 0 Å². The minimum absolute atomic E-state index is 0.0262. The van der Waals surface area contributed by atoms with Gasteiger partial charge in [0.2, 0.25) is 5.91 Å². The molecule has 0 saturated carbocycles. The fraction of sp³-hybridized carbons (Fsp3) is 0.269. The second-order valence-corrected chi connectivity index (χ2v) is 8.04. The molecule has 1 fully saturated rings. The fourth-order valence-electron chi connectivity index (χ4n) is 3.97. The summed E-state index contributed by atoms with van der Waals surface area (Å²) in [6.45, 7) is 3.76. The fourth-order valence-corrected chi connectivity index (χ4v) is 3.97. The first-order valence-corrected chi connectivity index (χ1v) is 11.0. The Kier molecular flexibility index (Phi) is 7.25. The zero-order chi connectivity index (χ0) is 22.2.